The minimum atomic E-state index is 0.482. The molecule has 1 heterocycles. The minimum absolute atomic E-state index is 0.482. The highest BCUT2D eigenvalue weighted by Crippen LogP contribution is 2.28. The summed E-state index contributed by atoms with van der Waals surface area (Å²) in [5.74, 6) is 0.692. The van der Waals surface area contributed by atoms with Gasteiger partial charge in [0, 0.05) is 16.5 Å². The van der Waals surface area contributed by atoms with Crippen molar-refractivity contribution in [1.82, 2.24) is 9.97 Å². The number of fused-ring (bicyclic) bond motifs is 1. The van der Waals surface area contributed by atoms with Crippen LogP contribution in [0.15, 0.2) is 35.6 Å². The summed E-state index contributed by atoms with van der Waals surface area (Å²) >= 11 is 7.50. The SMILES string of the molecule is CC(CCCl)Sc1ncnc2ccccc12. The average molecular weight is 253 g/mol. The molecule has 0 bridgehead atoms. The molecule has 0 spiro atoms. The number of alkyl halides is 1. The molecule has 0 aliphatic rings. The van der Waals surface area contributed by atoms with E-state index >= 15 is 0 Å². The number of thioether (sulfide) groups is 1. The second-order valence-corrected chi connectivity index (χ2v) is 5.41. The van der Waals surface area contributed by atoms with Crippen LogP contribution in [-0.4, -0.2) is 21.1 Å². The van der Waals surface area contributed by atoms with Gasteiger partial charge in [0.05, 0.1) is 5.52 Å². The summed E-state index contributed by atoms with van der Waals surface area (Å²) in [4.78, 5) is 8.58. The Morgan fingerprint density at radius 2 is 2.12 bits per heavy atom. The first-order valence-corrected chi connectivity index (χ1v) is 6.65. The molecule has 84 valence electrons. The molecule has 1 unspecified atom stereocenters. The summed E-state index contributed by atoms with van der Waals surface area (Å²) in [5.41, 5.74) is 0.998. The normalized spacial score (nSPS) is 12.9. The highest BCUT2D eigenvalue weighted by Gasteiger charge is 2.08. The van der Waals surface area contributed by atoms with E-state index in [2.05, 4.69) is 23.0 Å². The molecule has 0 saturated carbocycles. The molecule has 16 heavy (non-hydrogen) atoms. The third-order valence-electron chi connectivity index (χ3n) is 2.33. The molecule has 4 heteroatoms. The molecule has 1 atom stereocenters. The van der Waals surface area contributed by atoms with Crippen LogP contribution in [0.4, 0.5) is 0 Å². The molecule has 2 nitrogen and oxygen atoms in total. The Kier molecular flexibility index (Phi) is 4.02. The first-order chi connectivity index (χ1) is 7.81. The summed E-state index contributed by atoms with van der Waals surface area (Å²) < 4.78 is 0. The first-order valence-electron chi connectivity index (χ1n) is 5.23. The van der Waals surface area contributed by atoms with Gasteiger partial charge in [-0.05, 0) is 12.5 Å². The Balaban J connectivity index is 2.30. The Morgan fingerprint density at radius 3 is 2.94 bits per heavy atom. The van der Waals surface area contributed by atoms with Crippen LogP contribution in [-0.2, 0) is 0 Å². The van der Waals surface area contributed by atoms with E-state index in [0.717, 1.165) is 22.3 Å². The maximum atomic E-state index is 5.73. The van der Waals surface area contributed by atoms with Gasteiger partial charge >= 0.3 is 0 Å². The fraction of sp³-hybridized carbons (Fsp3) is 0.333. The van der Waals surface area contributed by atoms with Crippen LogP contribution >= 0.6 is 23.4 Å². The van der Waals surface area contributed by atoms with Crippen molar-refractivity contribution >= 4 is 34.3 Å². The second kappa shape index (κ2) is 5.51. The lowest BCUT2D eigenvalue weighted by molar-refractivity contribution is 0.908. The molecule has 2 aromatic rings. The van der Waals surface area contributed by atoms with E-state index in [1.165, 1.54) is 0 Å². The maximum Gasteiger partial charge on any atom is 0.117 e. The lowest BCUT2D eigenvalue weighted by atomic mass is 10.2. The summed E-state index contributed by atoms with van der Waals surface area (Å²) in [7, 11) is 0. The van der Waals surface area contributed by atoms with Crippen molar-refractivity contribution in [3.8, 4) is 0 Å². The van der Waals surface area contributed by atoms with Crippen molar-refractivity contribution in [2.75, 3.05) is 5.88 Å². The fourth-order valence-corrected chi connectivity index (χ4v) is 2.96. The van der Waals surface area contributed by atoms with E-state index in [0.29, 0.717) is 11.1 Å². The smallest absolute Gasteiger partial charge is 0.117 e. The van der Waals surface area contributed by atoms with E-state index in [-0.39, 0.29) is 0 Å². The Labute approximate surface area is 104 Å². The van der Waals surface area contributed by atoms with Gasteiger partial charge in [0.15, 0.2) is 0 Å². The van der Waals surface area contributed by atoms with Gasteiger partial charge in [-0.2, -0.15) is 0 Å². The summed E-state index contributed by atoms with van der Waals surface area (Å²) in [6.45, 7) is 2.17. The van der Waals surface area contributed by atoms with Crippen LogP contribution in [0.3, 0.4) is 0 Å². The van der Waals surface area contributed by atoms with Crippen molar-refractivity contribution in [3.63, 3.8) is 0 Å². The molecule has 0 N–H and O–H groups in total. The minimum Gasteiger partial charge on any atom is -0.236 e. The van der Waals surface area contributed by atoms with Crippen LogP contribution in [0.5, 0.6) is 0 Å². The van der Waals surface area contributed by atoms with Crippen LogP contribution in [0.25, 0.3) is 10.9 Å². The Bertz CT molecular complexity index is 470. The number of rotatable bonds is 4. The van der Waals surface area contributed by atoms with Gasteiger partial charge in [0.25, 0.3) is 0 Å². The fourth-order valence-electron chi connectivity index (χ4n) is 1.48. The summed E-state index contributed by atoms with van der Waals surface area (Å²) in [6, 6.07) is 8.08. The molecule has 1 aromatic heterocycles. The summed E-state index contributed by atoms with van der Waals surface area (Å²) in [5, 5.41) is 2.65. The predicted molar refractivity (Wildman–Crippen MR) is 70.2 cm³/mol. The zero-order valence-corrected chi connectivity index (χ0v) is 10.6. The van der Waals surface area contributed by atoms with Gasteiger partial charge in [0.2, 0.25) is 0 Å². The molecule has 0 aliphatic carbocycles. The lowest BCUT2D eigenvalue weighted by Gasteiger charge is -2.09. The third kappa shape index (κ3) is 2.66. The van der Waals surface area contributed by atoms with Gasteiger partial charge in [-0.15, -0.1) is 23.4 Å². The van der Waals surface area contributed by atoms with Gasteiger partial charge < -0.3 is 0 Å². The zero-order valence-electron chi connectivity index (χ0n) is 9.06. The maximum absolute atomic E-state index is 5.73. The highest BCUT2D eigenvalue weighted by atomic mass is 35.5. The number of benzene rings is 1. The second-order valence-electron chi connectivity index (χ2n) is 3.60. The molecule has 2 rings (SSSR count). The monoisotopic (exact) mass is 252 g/mol. The third-order valence-corrected chi connectivity index (χ3v) is 3.74. The topological polar surface area (TPSA) is 25.8 Å². The molecule has 1 aromatic carbocycles. The van der Waals surface area contributed by atoms with E-state index < -0.39 is 0 Å². The van der Waals surface area contributed by atoms with Gasteiger partial charge in [0.1, 0.15) is 11.4 Å². The molecule has 0 amide bonds. The van der Waals surface area contributed by atoms with Gasteiger partial charge in [-0.1, -0.05) is 25.1 Å². The molecule has 0 aliphatic heterocycles. The van der Waals surface area contributed by atoms with Crippen molar-refractivity contribution in [2.24, 2.45) is 0 Å². The lowest BCUT2D eigenvalue weighted by Crippen LogP contribution is -1.98. The van der Waals surface area contributed by atoms with Crippen LogP contribution < -0.4 is 0 Å². The van der Waals surface area contributed by atoms with Gasteiger partial charge in [-0.3, -0.25) is 0 Å². The predicted octanol–water partition coefficient (Wildman–Crippen LogP) is 3.74. The van der Waals surface area contributed by atoms with Crippen LogP contribution in [0.2, 0.25) is 0 Å². The number of hydrogen-bond acceptors (Lipinski definition) is 3. The largest absolute Gasteiger partial charge is 0.236 e. The Morgan fingerprint density at radius 1 is 1.31 bits per heavy atom. The number of para-hydroxylation sites is 1. The van der Waals surface area contributed by atoms with Crippen molar-refractivity contribution in [3.05, 3.63) is 30.6 Å². The van der Waals surface area contributed by atoms with Gasteiger partial charge in [-0.25, -0.2) is 9.97 Å². The van der Waals surface area contributed by atoms with E-state index in [4.69, 9.17) is 11.6 Å². The average Bonchev–Trinajstić information content (AvgIpc) is 2.30. The highest BCUT2D eigenvalue weighted by molar-refractivity contribution is 8.00. The van der Waals surface area contributed by atoms with E-state index in [1.54, 1.807) is 18.1 Å². The number of halogens is 1. The van der Waals surface area contributed by atoms with Crippen molar-refractivity contribution in [2.45, 2.75) is 23.6 Å². The quantitative estimate of drug-likeness (QED) is 0.471. The molecular formula is C12H13ClN2S. The molecular weight excluding hydrogens is 240 g/mol. The number of hydrogen-bond donors (Lipinski definition) is 0. The first kappa shape index (κ1) is 11.7. The van der Waals surface area contributed by atoms with E-state index in [9.17, 15) is 0 Å². The molecule has 0 radical (unpaired) electrons. The van der Waals surface area contributed by atoms with Crippen LogP contribution in [0, 0.1) is 0 Å². The van der Waals surface area contributed by atoms with Crippen LogP contribution in [0.1, 0.15) is 13.3 Å². The number of nitrogens with zero attached hydrogens (tertiary/aromatic N) is 2. The molecule has 0 fully saturated rings. The molecule has 0 saturated heterocycles. The Hall–Kier alpha value is -0.800. The standard InChI is InChI=1S/C12H13ClN2S/c1-9(6-7-13)16-12-10-4-2-3-5-11(10)14-8-15-12/h2-5,8-9H,6-7H2,1H3. The zero-order chi connectivity index (χ0) is 11.4. The van der Waals surface area contributed by atoms with Crippen molar-refractivity contribution in [1.29, 1.82) is 0 Å². The summed E-state index contributed by atoms with van der Waals surface area (Å²) in [6.07, 6.45) is 2.61. The van der Waals surface area contributed by atoms with E-state index in [1.807, 2.05) is 18.2 Å². The van der Waals surface area contributed by atoms with Crippen molar-refractivity contribution < 1.29 is 0 Å². The number of aromatic nitrogens is 2.